The standard InChI is InChI=1S/C17H31F4N4O8P/c18-22-4-6-1-2-7(23-19)16(30-6)33-34-10-3-8(24-20)15(13(10)28)32-17-14(29)11(25-21)12(27)9(5-26)31-17/h6-17,22-29,34H,1-5H2. The van der Waals surface area contributed by atoms with E-state index in [1.807, 2.05) is 0 Å². The first-order chi connectivity index (χ1) is 16.4. The van der Waals surface area contributed by atoms with Gasteiger partial charge in [-0.15, -0.1) is 17.9 Å². The van der Waals surface area contributed by atoms with Crippen LogP contribution in [0, 0.1) is 0 Å². The highest BCUT2D eigenvalue weighted by Crippen LogP contribution is 2.40. The van der Waals surface area contributed by atoms with Gasteiger partial charge in [-0.1, -0.05) is 0 Å². The largest absolute Gasteiger partial charge is 0.394 e. The van der Waals surface area contributed by atoms with Crippen molar-refractivity contribution < 1.29 is 57.1 Å². The Morgan fingerprint density at radius 1 is 0.882 bits per heavy atom. The Morgan fingerprint density at radius 3 is 2.24 bits per heavy atom. The number of rotatable bonds is 11. The molecule has 13 atom stereocenters. The summed E-state index contributed by atoms with van der Waals surface area (Å²) in [5, 5.41) is 40.3. The third kappa shape index (κ3) is 6.32. The summed E-state index contributed by atoms with van der Waals surface area (Å²) in [6.45, 7) is -0.828. The number of aliphatic hydroxyl groups excluding tert-OH is 4. The maximum Gasteiger partial charge on any atom is 0.186 e. The quantitative estimate of drug-likeness (QED) is 0.0855. The van der Waals surface area contributed by atoms with Crippen LogP contribution < -0.4 is 22.2 Å². The van der Waals surface area contributed by atoms with Crippen molar-refractivity contribution in [2.24, 2.45) is 0 Å². The first-order valence-corrected chi connectivity index (χ1v) is 11.8. The van der Waals surface area contributed by atoms with Gasteiger partial charge in [0.25, 0.3) is 0 Å². The summed E-state index contributed by atoms with van der Waals surface area (Å²) >= 11 is 0. The second-order valence-corrected chi connectivity index (χ2v) is 9.70. The number of aliphatic hydroxyl groups is 4. The molecule has 13 unspecified atom stereocenters. The van der Waals surface area contributed by atoms with Crippen LogP contribution in [-0.4, -0.2) is 107 Å². The molecule has 34 heavy (non-hydrogen) atoms. The van der Waals surface area contributed by atoms with Crippen molar-refractivity contribution in [1.82, 2.24) is 22.2 Å². The van der Waals surface area contributed by atoms with E-state index in [1.54, 1.807) is 5.54 Å². The highest BCUT2D eigenvalue weighted by atomic mass is 31.1. The highest BCUT2D eigenvalue weighted by Gasteiger charge is 2.51. The van der Waals surface area contributed by atoms with E-state index in [2.05, 4.69) is 0 Å². The lowest BCUT2D eigenvalue weighted by molar-refractivity contribution is -0.302. The zero-order valence-electron chi connectivity index (χ0n) is 17.9. The van der Waals surface area contributed by atoms with Crippen molar-refractivity contribution in [3.05, 3.63) is 0 Å². The van der Waals surface area contributed by atoms with Crippen LogP contribution in [-0.2, 0) is 18.7 Å². The van der Waals surface area contributed by atoms with Crippen molar-refractivity contribution in [2.75, 3.05) is 13.2 Å². The average Bonchev–Trinajstić information content (AvgIpc) is 3.14. The predicted octanol–water partition coefficient (Wildman–Crippen LogP) is -1.94. The number of hydrogen-bond donors (Lipinski definition) is 8. The first-order valence-electron chi connectivity index (χ1n) is 10.8. The summed E-state index contributed by atoms with van der Waals surface area (Å²) in [5.41, 5.74) is 5.09. The number of hydrogen-bond acceptors (Lipinski definition) is 12. The summed E-state index contributed by atoms with van der Waals surface area (Å²) in [6, 6.07) is -3.46. The minimum Gasteiger partial charge on any atom is -0.394 e. The van der Waals surface area contributed by atoms with Crippen LogP contribution >= 0.6 is 8.81 Å². The van der Waals surface area contributed by atoms with Gasteiger partial charge in [0.05, 0.1) is 43.5 Å². The van der Waals surface area contributed by atoms with Crippen LogP contribution in [0.1, 0.15) is 19.3 Å². The minimum absolute atomic E-state index is 0.0103. The molecule has 0 aromatic rings. The normalized spacial score (nSPS) is 45.9. The second-order valence-electron chi connectivity index (χ2n) is 8.48. The van der Waals surface area contributed by atoms with Crippen molar-refractivity contribution in [1.29, 1.82) is 0 Å². The van der Waals surface area contributed by atoms with Crippen LogP contribution in [0.2, 0.25) is 0 Å². The fraction of sp³-hybridized carbons (Fsp3) is 1.00. The van der Waals surface area contributed by atoms with Gasteiger partial charge in [0.1, 0.15) is 24.4 Å². The molecule has 3 aliphatic rings. The third-order valence-electron chi connectivity index (χ3n) is 6.33. The van der Waals surface area contributed by atoms with Crippen molar-refractivity contribution in [2.45, 2.75) is 92.3 Å². The minimum atomic E-state index is -1.75. The Balaban J connectivity index is 1.61. The Labute approximate surface area is 194 Å². The summed E-state index contributed by atoms with van der Waals surface area (Å²) < 4.78 is 74.1. The molecule has 0 amide bonds. The van der Waals surface area contributed by atoms with Gasteiger partial charge in [-0.2, -0.15) is 22.2 Å². The SMILES string of the molecule is OCC1OC(OC2C(NF)CC(POC3OC(CNF)CCC3NF)C2O)C(O)C(NF)C1O. The summed E-state index contributed by atoms with van der Waals surface area (Å²) in [7, 11) is -0.493. The van der Waals surface area contributed by atoms with E-state index in [4.69, 9.17) is 18.7 Å². The van der Waals surface area contributed by atoms with Gasteiger partial charge in [0.2, 0.25) is 0 Å². The molecule has 17 heteroatoms. The highest BCUT2D eigenvalue weighted by molar-refractivity contribution is 7.33. The molecule has 0 aromatic heterocycles. The topological polar surface area (TPSA) is 166 Å². The monoisotopic (exact) mass is 526 g/mol. The van der Waals surface area contributed by atoms with E-state index in [0.717, 1.165) is 0 Å². The Kier molecular flexibility index (Phi) is 11.0. The summed E-state index contributed by atoms with van der Waals surface area (Å²) in [4.78, 5) is 0. The number of nitrogens with one attached hydrogen (secondary N) is 4. The third-order valence-corrected chi connectivity index (χ3v) is 7.58. The average molecular weight is 526 g/mol. The van der Waals surface area contributed by atoms with E-state index in [9.17, 15) is 38.4 Å². The first kappa shape index (κ1) is 28.2. The second kappa shape index (κ2) is 13.3. The number of ether oxygens (including phenoxy) is 3. The molecule has 2 heterocycles. The van der Waals surface area contributed by atoms with Crippen LogP contribution in [0.5, 0.6) is 0 Å². The van der Waals surface area contributed by atoms with Crippen molar-refractivity contribution in [3.8, 4) is 0 Å². The molecule has 0 radical (unpaired) electrons. The molecule has 3 rings (SSSR count). The van der Waals surface area contributed by atoms with Crippen molar-refractivity contribution >= 4 is 8.81 Å². The molecule has 1 saturated carbocycles. The molecule has 0 spiro atoms. The number of halogens is 4. The lowest BCUT2D eigenvalue weighted by atomic mass is 9.97. The van der Waals surface area contributed by atoms with Gasteiger partial charge in [-0.25, -0.2) is 0 Å². The summed E-state index contributed by atoms with van der Waals surface area (Å²) in [5.74, 6) is 0. The molecular weight excluding hydrogens is 495 g/mol. The maximum atomic E-state index is 13.5. The lowest BCUT2D eigenvalue weighted by Gasteiger charge is -2.42. The molecule has 1 aliphatic carbocycles. The fourth-order valence-corrected chi connectivity index (χ4v) is 5.57. The molecule has 3 fully saturated rings. The molecule has 200 valence electrons. The Morgan fingerprint density at radius 2 is 1.62 bits per heavy atom. The van der Waals surface area contributed by atoms with E-state index in [0.29, 0.717) is 12.8 Å². The molecule has 2 aliphatic heterocycles. The molecule has 0 bridgehead atoms. The van der Waals surface area contributed by atoms with Crippen molar-refractivity contribution in [3.63, 3.8) is 0 Å². The van der Waals surface area contributed by atoms with Gasteiger partial charge in [-0.3, -0.25) is 0 Å². The lowest BCUT2D eigenvalue weighted by Crippen LogP contribution is -2.64. The predicted molar refractivity (Wildman–Crippen MR) is 108 cm³/mol. The van der Waals surface area contributed by atoms with E-state index in [1.165, 1.54) is 16.6 Å². The summed E-state index contributed by atoms with van der Waals surface area (Å²) in [6.07, 6.45) is -9.81. The maximum absolute atomic E-state index is 13.5. The fourth-order valence-electron chi connectivity index (χ4n) is 4.36. The van der Waals surface area contributed by atoms with Gasteiger partial charge < -0.3 is 39.2 Å². The van der Waals surface area contributed by atoms with Crippen LogP contribution in [0.25, 0.3) is 0 Å². The van der Waals surface area contributed by atoms with Crippen LogP contribution in [0.3, 0.4) is 0 Å². The molecule has 2 saturated heterocycles. The van der Waals surface area contributed by atoms with Gasteiger partial charge >= 0.3 is 0 Å². The smallest absolute Gasteiger partial charge is 0.186 e. The Hall–Kier alpha value is -0.330. The van der Waals surface area contributed by atoms with E-state index in [-0.39, 0.29) is 13.0 Å². The molecular formula is C17H31F4N4O8P. The van der Waals surface area contributed by atoms with E-state index < -0.39 is 88.4 Å². The molecule has 12 nitrogen and oxygen atoms in total. The van der Waals surface area contributed by atoms with Gasteiger partial charge in [-0.05, 0) is 19.3 Å². The molecule has 8 N–H and O–H groups in total. The van der Waals surface area contributed by atoms with Crippen LogP contribution in [0.4, 0.5) is 17.9 Å². The van der Waals surface area contributed by atoms with Crippen LogP contribution in [0.15, 0.2) is 0 Å². The van der Waals surface area contributed by atoms with Gasteiger partial charge in [0.15, 0.2) is 12.6 Å². The Bertz CT molecular complexity index is 628. The van der Waals surface area contributed by atoms with E-state index >= 15 is 0 Å². The zero-order valence-corrected chi connectivity index (χ0v) is 18.9. The molecule has 0 aromatic carbocycles. The zero-order chi connectivity index (χ0) is 24.8. The van der Waals surface area contributed by atoms with Gasteiger partial charge in [0, 0.05) is 14.5 Å².